The molecule has 0 N–H and O–H groups in total. The lowest BCUT2D eigenvalue weighted by Crippen LogP contribution is -2.51. The number of nitrogens with zero attached hydrogens (tertiary/aromatic N) is 1. The van der Waals surface area contributed by atoms with Crippen molar-refractivity contribution in [1.82, 2.24) is 0 Å². The fourth-order valence-corrected chi connectivity index (χ4v) is 8.67. The lowest BCUT2D eigenvalue weighted by molar-refractivity contribution is -0.151. The van der Waals surface area contributed by atoms with Crippen LogP contribution in [0.1, 0.15) is 106 Å². The Balaban J connectivity index is 1.43. The smallest absolute Gasteiger partial charge is 0.305 e. The van der Waals surface area contributed by atoms with Crippen molar-refractivity contribution in [2.45, 2.75) is 112 Å². The van der Waals surface area contributed by atoms with Crippen molar-refractivity contribution >= 4 is 12.2 Å². The van der Waals surface area contributed by atoms with Crippen LogP contribution in [0.2, 0.25) is 0 Å². The molecule has 0 spiro atoms. The predicted octanol–water partition coefficient (Wildman–Crippen LogP) is 7.95. The molecule has 0 aromatic carbocycles. The normalized spacial score (nSPS) is 40.1. The van der Waals surface area contributed by atoms with Crippen LogP contribution in [0.4, 0.5) is 0 Å². The van der Waals surface area contributed by atoms with Crippen LogP contribution in [-0.2, 0) is 9.53 Å². The van der Waals surface area contributed by atoms with E-state index in [0.29, 0.717) is 23.2 Å². The summed E-state index contributed by atoms with van der Waals surface area (Å²) in [5.41, 5.74) is 3.77. The van der Waals surface area contributed by atoms with Crippen LogP contribution in [0, 0.1) is 40.4 Å². The van der Waals surface area contributed by atoms with Gasteiger partial charge in [0.05, 0.1) is 0 Å². The highest BCUT2D eigenvalue weighted by molar-refractivity contribution is 5.69. The highest BCUT2D eigenvalue weighted by Gasteiger charge is 2.59. The number of rotatable bonds is 7. The first-order valence-corrected chi connectivity index (χ1v) is 14.2. The third-order valence-electron chi connectivity index (χ3n) is 10.5. The Bertz CT molecular complexity index is 836. The molecule has 0 aromatic heterocycles. The molecule has 0 radical (unpaired) electrons. The summed E-state index contributed by atoms with van der Waals surface area (Å²) < 4.78 is 5.76. The molecule has 0 saturated heterocycles. The van der Waals surface area contributed by atoms with E-state index in [0.717, 1.165) is 49.5 Å². The first kappa shape index (κ1) is 25.7. The SMILES string of the molecule is CCC(=O)O[C@H]1CC[C@@]2(C)C(=CC[C@H]3C4CC[C@H]([C@H](C)/C=N/CCC=C(C)C)[C@@]4(C)CC[C@@H]32)C1. The van der Waals surface area contributed by atoms with E-state index in [1.807, 2.05) is 6.92 Å². The van der Waals surface area contributed by atoms with Crippen molar-refractivity contribution in [2.24, 2.45) is 45.4 Å². The van der Waals surface area contributed by atoms with Gasteiger partial charge in [0.1, 0.15) is 6.10 Å². The number of carbonyl (C=O) groups is 1. The molecular formula is C31H49NO2. The number of ether oxygens (including phenoxy) is 1. The van der Waals surface area contributed by atoms with Crippen molar-refractivity contribution in [3.05, 3.63) is 23.3 Å². The Labute approximate surface area is 208 Å². The maximum Gasteiger partial charge on any atom is 0.305 e. The fraction of sp³-hybridized carbons (Fsp3) is 0.806. The summed E-state index contributed by atoms with van der Waals surface area (Å²) in [6.07, 6.45) is 18.7. The van der Waals surface area contributed by atoms with Gasteiger partial charge in [-0.25, -0.2) is 0 Å². The summed E-state index contributed by atoms with van der Waals surface area (Å²) >= 11 is 0. The second-order valence-corrected chi connectivity index (χ2v) is 12.7. The molecule has 1 unspecified atom stereocenters. The minimum Gasteiger partial charge on any atom is -0.462 e. The molecule has 3 nitrogen and oxygen atoms in total. The summed E-state index contributed by atoms with van der Waals surface area (Å²) in [5, 5.41) is 0. The van der Waals surface area contributed by atoms with Gasteiger partial charge < -0.3 is 4.74 Å². The van der Waals surface area contributed by atoms with Gasteiger partial charge in [-0.15, -0.1) is 0 Å². The summed E-state index contributed by atoms with van der Waals surface area (Å²) in [7, 11) is 0. The first-order valence-electron chi connectivity index (χ1n) is 14.2. The molecule has 4 rings (SSSR count). The molecule has 34 heavy (non-hydrogen) atoms. The first-order chi connectivity index (χ1) is 16.2. The number of carbonyl (C=O) groups excluding carboxylic acids is 1. The van der Waals surface area contributed by atoms with Gasteiger partial charge in [-0.2, -0.15) is 0 Å². The highest BCUT2D eigenvalue weighted by atomic mass is 16.5. The van der Waals surface area contributed by atoms with Crippen LogP contribution in [0.25, 0.3) is 0 Å². The van der Waals surface area contributed by atoms with Crippen LogP contribution in [0.5, 0.6) is 0 Å². The van der Waals surface area contributed by atoms with Gasteiger partial charge in [-0.05, 0) is 106 Å². The summed E-state index contributed by atoms with van der Waals surface area (Å²) in [5.74, 6) is 3.79. The minimum absolute atomic E-state index is 0.0390. The number of hydrogen-bond donors (Lipinski definition) is 0. The summed E-state index contributed by atoms with van der Waals surface area (Å²) in [6.45, 7) is 14.7. The molecule has 0 amide bonds. The van der Waals surface area contributed by atoms with Crippen LogP contribution in [0.15, 0.2) is 28.3 Å². The Morgan fingerprint density at radius 1 is 1.18 bits per heavy atom. The number of esters is 1. The average Bonchev–Trinajstić information content (AvgIpc) is 3.16. The van der Waals surface area contributed by atoms with Crippen LogP contribution in [0.3, 0.4) is 0 Å². The number of aliphatic imine (C=N–C) groups is 1. The molecule has 0 aromatic rings. The van der Waals surface area contributed by atoms with Crippen molar-refractivity contribution in [3.63, 3.8) is 0 Å². The standard InChI is InChI=1S/C31H49NO2/c1-7-29(33)34-24-14-16-30(5)23(19-24)10-11-25-27-13-12-26(31(27,6)17-15-28(25)30)22(4)20-32-18-8-9-21(2)3/h9-10,20,22,24-28H,7-8,11-19H2,1-6H3/b32-20+/t22-,24+,25+,26-,27?,28+,30+,31-/m1/s1. The van der Waals surface area contributed by atoms with E-state index in [-0.39, 0.29) is 12.1 Å². The Hall–Kier alpha value is -1.38. The summed E-state index contributed by atoms with van der Waals surface area (Å²) in [6, 6.07) is 0. The maximum atomic E-state index is 11.9. The van der Waals surface area contributed by atoms with E-state index in [9.17, 15) is 4.79 Å². The molecule has 3 saturated carbocycles. The molecule has 8 atom stereocenters. The second kappa shape index (κ2) is 10.3. The molecular weight excluding hydrogens is 418 g/mol. The fourth-order valence-electron chi connectivity index (χ4n) is 8.67. The zero-order chi connectivity index (χ0) is 24.5. The van der Waals surface area contributed by atoms with Gasteiger partial charge >= 0.3 is 5.97 Å². The van der Waals surface area contributed by atoms with Crippen molar-refractivity contribution < 1.29 is 9.53 Å². The molecule has 3 heteroatoms. The van der Waals surface area contributed by atoms with E-state index in [1.54, 1.807) is 5.57 Å². The Kier molecular flexibility index (Phi) is 7.80. The largest absolute Gasteiger partial charge is 0.462 e. The zero-order valence-corrected chi connectivity index (χ0v) is 22.7. The molecule has 0 aliphatic heterocycles. The third-order valence-corrected chi connectivity index (χ3v) is 10.5. The molecule has 4 aliphatic rings. The van der Waals surface area contributed by atoms with Crippen LogP contribution in [-0.4, -0.2) is 24.8 Å². The second-order valence-electron chi connectivity index (χ2n) is 12.7. The van der Waals surface area contributed by atoms with Crippen molar-refractivity contribution in [1.29, 1.82) is 0 Å². The van der Waals surface area contributed by atoms with Gasteiger partial charge in [0, 0.05) is 25.6 Å². The van der Waals surface area contributed by atoms with E-state index >= 15 is 0 Å². The van der Waals surface area contributed by atoms with Gasteiger partial charge in [-0.3, -0.25) is 9.79 Å². The van der Waals surface area contributed by atoms with E-state index in [4.69, 9.17) is 9.73 Å². The molecule has 3 fully saturated rings. The number of allylic oxidation sites excluding steroid dienone is 2. The maximum absolute atomic E-state index is 11.9. The topological polar surface area (TPSA) is 38.7 Å². The van der Waals surface area contributed by atoms with Gasteiger partial charge in [0.25, 0.3) is 0 Å². The number of fused-ring (bicyclic) bond motifs is 5. The lowest BCUT2D eigenvalue weighted by atomic mass is 9.47. The Morgan fingerprint density at radius 3 is 2.71 bits per heavy atom. The zero-order valence-electron chi connectivity index (χ0n) is 22.7. The predicted molar refractivity (Wildman–Crippen MR) is 142 cm³/mol. The number of hydrogen-bond acceptors (Lipinski definition) is 3. The van der Waals surface area contributed by atoms with Crippen LogP contribution < -0.4 is 0 Å². The lowest BCUT2D eigenvalue weighted by Gasteiger charge is -2.58. The highest BCUT2D eigenvalue weighted by Crippen LogP contribution is 2.67. The summed E-state index contributed by atoms with van der Waals surface area (Å²) in [4.78, 5) is 16.7. The van der Waals surface area contributed by atoms with Gasteiger partial charge in [-0.1, -0.05) is 51.0 Å². The monoisotopic (exact) mass is 467 g/mol. The third kappa shape index (κ3) is 4.82. The quantitative estimate of drug-likeness (QED) is 0.165. The minimum atomic E-state index is -0.0390. The van der Waals surface area contributed by atoms with Gasteiger partial charge in [0.2, 0.25) is 0 Å². The van der Waals surface area contributed by atoms with Crippen molar-refractivity contribution in [2.75, 3.05) is 6.54 Å². The molecule has 0 bridgehead atoms. The molecule has 4 aliphatic carbocycles. The average molecular weight is 468 g/mol. The van der Waals surface area contributed by atoms with Crippen LogP contribution >= 0.6 is 0 Å². The van der Waals surface area contributed by atoms with Gasteiger partial charge in [0.15, 0.2) is 0 Å². The van der Waals surface area contributed by atoms with E-state index < -0.39 is 0 Å². The van der Waals surface area contributed by atoms with E-state index in [2.05, 4.69) is 53.0 Å². The molecule has 190 valence electrons. The molecule has 0 heterocycles. The van der Waals surface area contributed by atoms with E-state index in [1.165, 1.54) is 44.1 Å². The Morgan fingerprint density at radius 2 is 1.97 bits per heavy atom. The van der Waals surface area contributed by atoms with Crippen molar-refractivity contribution in [3.8, 4) is 0 Å².